The molecular formula is C27H23FN2O4S. The standard InChI is InChI=1S/C27H23FN2O4S/c1-17-6-11-22(12-18(17)2)29-25(31)15-30-26(32)24(35-27(30)33)14-20-4-3-5-23(13-20)34-16-19-7-9-21(28)10-8-19/h3-14H,15-16H2,1-2H3,(H,29,31). The number of carbonyl (C=O) groups excluding carboxylic acids is 3. The normalized spacial score (nSPS) is 14.5. The lowest BCUT2D eigenvalue weighted by Gasteiger charge is -2.13. The molecular weight excluding hydrogens is 467 g/mol. The zero-order chi connectivity index (χ0) is 24.9. The number of nitrogens with one attached hydrogen (secondary N) is 1. The summed E-state index contributed by atoms with van der Waals surface area (Å²) >= 11 is 0.789. The van der Waals surface area contributed by atoms with Crippen molar-refractivity contribution < 1.29 is 23.5 Å². The lowest BCUT2D eigenvalue weighted by atomic mass is 10.1. The van der Waals surface area contributed by atoms with Gasteiger partial charge in [0, 0.05) is 5.69 Å². The van der Waals surface area contributed by atoms with Gasteiger partial charge in [-0.3, -0.25) is 19.3 Å². The Balaban J connectivity index is 1.39. The number of amides is 3. The van der Waals surface area contributed by atoms with E-state index >= 15 is 0 Å². The van der Waals surface area contributed by atoms with E-state index in [0.29, 0.717) is 17.0 Å². The van der Waals surface area contributed by atoms with Gasteiger partial charge in [-0.2, -0.15) is 0 Å². The first-order valence-electron chi connectivity index (χ1n) is 10.9. The van der Waals surface area contributed by atoms with Crippen LogP contribution in [0.3, 0.4) is 0 Å². The summed E-state index contributed by atoms with van der Waals surface area (Å²) in [7, 11) is 0. The van der Waals surface area contributed by atoms with E-state index in [4.69, 9.17) is 4.74 Å². The van der Waals surface area contributed by atoms with E-state index in [1.807, 2.05) is 26.0 Å². The molecule has 1 N–H and O–H groups in total. The summed E-state index contributed by atoms with van der Waals surface area (Å²) in [6, 6.07) is 18.6. The minimum absolute atomic E-state index is 0.227. The zero-order valence-electron chi connectivity index (χ0n) is 19.2. The summed E-state index contributed by atoms with van der Waals surface area (Å²) in [6.45, 7) is 3.81. The Kier molecular flexibility index (Phi) is 7.31. The first kappa shape index (κ1) is 24.2. The Morgan fingerprint density at radius 3 is 2.54 bits per heavy atom. The molecule has 1 heterocycles. The van der Waals surface area contributed by atoms with Crippen molar-refractivity contribution >= 4 is 40.6 Å². The van der Waals surface area contributed by atoms with Gasteiger partial charge in [0.25, 0.3) is 11.1 Å². The molecule has 0 radical (unpaired) electrons. The van der Waals surface area contributed by atoms with Gasteiger partial charge in [-0.05, 0) is 90.3 Å². The molecule has 0 unspecified atom stereocenters. The Bertz CT molecular complexity index is 1320. The van der Waals surface area contributed by atoms with Gasteiger partial charge in [0.1, 0.15) is 24.7 Å². The fourth-order valence-electron chi connectivity index (χ4n) is 3.39. The van der Waals surface area contributed by atoms with Crippen molar-refractivity contribution in [3.8, 4) is 5.75 Å². The molecule has 0 atom stereocenters. The van der Waals surface area contributed by atoms with Crippen molar-refractivity contribution in [2.75, 3.05) is 11.9 Å². The molecule has 8 heteroatoms. The summed E-state index contributed by atoms with van der Waals surface area (Å²) in [5.41, 5.74) is 4.23. The SMILES string of the molecule is Cc1ccc(NC(=O)CN2C(=O)SC(=Cc3cccc(OCc4ccc(F)cc4)c3)C2=O)cc1C. The maximum atomic E-state index is 13.1. The van der Waals surface area contributed by atoms with Gasteiger partial charge in [0.05, 0.1) is 4.91 Å². The molecule has 0 saturated carbocycles. The number of ether oxygens (including phenoxy) is 1. The van der Waals surface area contributed by atoms with Crippen molar-refractivity contribution in [1.29, 1.82) is 0 Å². The molecule has 1 aliphatic rings. The molecule has 0 aliphatic carbocycles. The van der Waals surface area contributed by atoms with Gasteiger partial charge >= 0.3 is 0 Å². The highest BCUT2D eigenvalue weighted by Crippen LogP contribution is 2.32. The second-order valence-corrected chi connectivity index (χ2v) is 9.10. The highest BCUT2D eigenvalue weighted by atomic mass is 32.2. The van der Waals surface area contributed by atoms with Gasteiger partial charge in [0.15, 0.2) is 0 Å². The third-order valence-electron chi connectivity index (χ3n) is 5.44. The Morgan fingerprint density at radius 1 is 1.03 bits per heavy atom. The largest absolute Gasteiger partial charge is 0.489 e. The van der Waals surface area contributed by atoms with Gasteiger partial charge in [-0.1, -0.05) is 30.3 Å². The fourth-order valence-corrected chi connectivity index (χ4v) is 4.23. The maximum Gasteiger partial charge on any atom is 0.294 e. The van der Waals surface area contributed by atoms with Crippen molar-refractivity contribution in [1.82, 2.24) is 4.90 Å². The first-order valence-corrected chi connectivity index (χ1v) is 11.7. The number of carbonyl (C=O) groups is 3. The van der Waals surface area contributed by atoms with Crippen molar-refractivity contribution in [3.05, 3.63) is 99.7 Å². The minimum atomic E-state index is -0.520. The van der Waals surface area contributed by atoms with Crippen LogP contribution in [0.1, 0.15) is 22.3 Å². The third kappa shape index (κ3) is 6.16. The summed E-state index contributed by atoms with van der Waals surface area (Å²) in [6.07, 6.45) is 1.59. The number of halogens is 1. The quantitative estimate of drug-likeness (QED) is 0.430. The Labute approximate surface area is 206 Å². The molecule has 178 valence electrons. The van der Waals surface area contributed by atoms with Crippen LogP contribution in [0.5, 0.6) is 5.75 Å². The number of imide groups is 1. The first-order chi connectivity index (χ1) is 16.8. The van der Waals surface area contributed by atoms with Gasteiger partial charge in [-0.25, -0.2) is 4.39 Å². The summed E-state index contributed by atoms with van der Waals surface area (Å²) < 4.78 is 18.8. The lowest BCUT2D eigenvalue weighted by Crippen LogP contribution is -2.36. The number of benzene rings is 3. The number of anilines is 1. The average molecular weight is 491 g/mol. The van der Waals surface area contributed by atoms with Crippen molar-refractivity contribution in [2.24, 2.45) is 0 Å². The van der Waals surface area contributed by atoms with E-state index in [1.54, 1.807) is 48.5 Å². The van der Waals surface area contributed by atoms with Crippen LogP contribution in [0.2, 0.25) is 0 Å². The summed E-state index contributed by atoms with van der Waals surface area (Å²) in [5, 5.41) is 2.23. The second kappa shape index (κ2) is 10.6. The van der Waals surface area contributed by atoms with E-state index in [9.17, 15) is 18.8 Å². The molecule has 0 spiro atoms. The van der Waals surface area contributed by atoms with Gasteiger partial charge < -0.3 is 10.1 Å². The van der Waals surface area contributed by atoms with Crippen LogP contribution in [-0.4, -0.2) is 28.5 Å². The number of nitrogens with zero attached hydrogens (tertiary/aromatic N) is 1. The Hall–Kier alpha value is -3.91. The predicted octanol–water partition coefficient (Wildman–Crippen LogP) is 5.70. The highest BCUT2D eigenvalue weighted by Gasteiger charge is 2.36. The topological polar surface area (TPSA) is 75.7 Å². The molecule has 3 aromatic rings. The van der Waals surface area contributed by atoms with E-state index < -0.39 is 17.1 Å². The smallest absolute Gasteiger partial charge is 0.294 e. The number of rotatable bonds is 7. The Morgan fingerprint density at radius 2 is 1.80 bits per heavy atom. The molecule has 1 aliphatic heterocycles. The van der Waals surface area contributed by atoms with Crippen LogP contribution >= 0.6 is 11.8 Å². The van der Waals surface area contributed by atoms with E-state index in [2.05, 4.69) is 5.32 Å². The molecule has 1 fully saturated rings. The summed E-state index contributed by atoms with van der Waals surface area (Å²) in [4.78, 5) is 38.8. The molecule has 35 heavy (non-hydrogen) atoms. The van der Waals surface area contributed by atoms with Crippen LogP contribution in [0, 0.1) is 19.7 Å². The van der Waals surface area contributed by atoms with Crippen LogP contribution in [0.15, 0.2) is 71.6 Å². The molecule has 0 bridgehead atoms. The van der Waals surface area contributed by atoms with E-state index in [0.717, 1.165) is 33.4 Å². The maximum absolute atomic E-state index is 13.1. The molecule has 3 amide bonds. The van der Waals surface area contributed by atoms with Crippen LogP contribution in [0.25, 0.3) is 6.08 Å². The number of thioether (sulfide) groups is 1. The number of hydrogen-bond acceptors (Lipinski definition) is 5. The zero-order valence-corrected chi connectivity index (χ0v) is 20.0. The van der Waals surface area contributed by atoms with E-state index in [-0.39, 0.29) is 23.9 Å². The number of aryl methyl sites for hydroxylation is 2. The molecule has 1 saturated heterocycles. The van der Waals surface area contributed by atoms with Crippen LogP contribution in [-0.2, 0) is 16.2 Å². The van der Waals surface area contributed by atoms with Crippen molar-refractivity contribution in [3.63, 3.8) is 0 Å². The fraction of sp³-hybridized carbons (Fsp3) is 0.148. The molecule has 4 rings (SSSR count). The highest BCUT2D eigenvalue weighted by molar-refractivity contribution is 8.18. The van der Waals surface area contributed by atoms with Crippen LogP contribution < -0.4 is 10.1 Å². The molecule has 0 aromatic heterocycles. The second-order valence-electron chi connectivity index (χ2n) is 8.10. The third-order valence-corrected chi connectivity index (χ3v) is 6.35. The average Bonchev–Trinajstić information content (AvgIpc) is 3.08. The van der Waals surface area contributed by atoms with E-state index in [1.165, 1.54) is 12.1 Å². The van der Waals surface area contributed by atoms with Gasteiger partial charge in [-0.15, -0.1) is 0 Å². The summed E-state index contributed by atoms with van der Waals surface area (Å²) in [5.74, 6) is -0.719. The molecule has 3 aromatic carbocycles. The monoisotopic (exact) mass is 490 g/mol. The lowest BCUT2D eigenvalue weighted by molar-refractivity contribution is -0.127. The predicted molar refractivity (Wildman–Crippen MR) is 134 cm³/mol. The minimum Gasteiger partial charge on any atom is -0.489 e. The molecule has 6 nitrogen and oxygen atoms in total. The van der Waals surface area contributed by atoms with Gasteiger partial charge in [0.2, 0.25) is 5.91 Å². The number of hydrogen-bond donors (Lipinski definition) is 1. The van der Waals surface area contributed by atoms with Crippen molar-refractivity contribution in [2.45, 2.75) is 20.5 Å². The van der Waals surface area contributed by atoms with Crippen LogP contribution in [0.4, 0.5) is 14.9 Å².